The maximum Gasteiger partial charge on any atom is 0.310 e. The molecular weight excluding hydrogens is 427 g/mol. The van der Waals surface area contributed by atoms with Gasteiger partial charge in [-0.05, 0) is 62.8 Å². The second-order valence-electron chi connectivity index (χ2n) is 8.93. The minimum absolute atomic E-state index is 0.0420. The molecule has 8 heteroatoms. The van der Waals surface area contributed by atoms with E-state index in [1.807, 2.05) is 0 Å². The SMILES string of the molecule is CCOC(=O)C1CCCN(C(=O)CN2C(=O)/C(=C\c3ccc(F)cc3)OC3CCCCC32)C1. The van der Waals surface area contributed by atoms with Crippen LogP contribution in [0.4, 0.5) is 4.39 Å². The van der Waals surface area contributed by atoms with Gasteiger partial charge < -0.3 is 19.3 Å². The highest BCUT2D eigenvalue weighted by Crippen LogP contribution is 2.33. The molecule has 3 fully saturated rings. The van der Waals surface area contributed by atoms with Crippen LogP contribution in [0.3, 0.4) is 0 Å². The highest BCUT2D eigenvalue weighted by Gasteiger charge is 2.43. The summed E-state index contributed by atoms with van der Waals surface area (Å²) < 4.78 is 24.5. The molecule has 4 rings (SSSR count). The number of nitrogens with zero attached hydrogens (tertiary/aromatic N) is 2. The van der Waals surface area contributed by atoms with Gasteiger partial charge in [-0.2, -0.15) is 0 Å². The fourth-order valence-corrected chi connectivity index (χ4v) is 4.97. The predicted molar refractivity (Wildman–Crippen MR) is 119 cm³/mol. The Morgan fingerprint density at radius 1 is 1.15 bits per heavy atom. The summed E-state index contributed by atoms with van der Waals surface area (Å²) in [6.07, 6.45) is 6.48. The van der Waals surface area contributed by atoms with E-state index >= 15 is 0 Å². The molecule has 0 bridgehead atoms. The molecule has 3 atom stereocenters. The Balaban J connectivity index is 1.50. The lowest BCUT2D eigenvalue weighted by molar-refractivity contribution is -0.157. The van der Waals surface area contributed by atoms with Gasteiger partial charge >= 0.3 is 5.97 Å². The van der Waals surface area contributed by atoms with Gasteiger partial charge in [0.2, 0.25) is 5.91 Å². The summed E-state index contributed by atoms with van der Waals surface area (Å²) in [4.78, 5) is 42.0. The topological polar surface area (TPSA) is 76.2 Å². The standard InChI is InChI=1S/C25H31FN2O5/c1-2-32-25(31)18-6-5-13-27(15-18)23(29)16-28-20-7-3-4-8-21(20)33-22(24(28)30)14-17-9-11-19(26)12-10-17/h9-12,14,18,20-21H,2-8,13,15-16H2,1H3/b22-14+. The molecule has 33 heavy (non-hydrogen) atoms. The first-order chi connectivity index (χ1) is 16.0. The third-order valence-electron chi connectivity index (χ3n) is 6.69. The van der Waals surface area contributed by atoms with Crippen LogP contribution in [-0.2, 0) is 23.9 Å². The summed E-state index contributed by atoms with van der Waals surface area (Å²) in [7, 11) is 0. The zero-order valence-corrected chi connectivity index (χ0v) is 19.0. The lowest BCUT2D eigenvalue weighted by Gasteiger charge is -2.45. The normalized spacial score (nSPS) is 26.5. The minimum atomic E-state index is -0.352. The Morgan fingerprint density at radius 2 is 1.91 bits per heavy atom. The van der Waals surface area contributed by atoms with Gasteiger partial charge in [-0.15, -0.1) is 0 Å². The van der Waals surface area contributed by atoms with Crippen LogP contribution < -0.4 is 0 Å². The van der Waals surface area contributed by atoms with Gasteiger partial charge in [0, 0.05) is 13.1 Å². The largest absolute Gasteiger partial charge is 0.482 e. The number of morpholine rings is 1. The molecule has 3 aliphatic rings. The fraction of sp³-hybridized carbons (Fsp3) is 0.560. The van der Waals surface area contributed by atoms with E-state index in [4.69, 9.17) is 9.47 Å². The number of carbonyl (C=O) groups is 3. The molecule has 2 aliphatic heterocycles. The quantitative estimate of drug-likeness (QED) is 0.501. The number of hydrogen-bond acceptors (Lipinski definition) is 5. The molecule has 1 saturated carbocycles. The molecule has 1 aromatic carbocycles. The van der Waals surface area contributed by atoms with E-state index in [0.717, 1.165) is 32.1 Å². The van der Waals surface area contributed by atoms with Crippen molar-refractivity contribution < 1.29 is 28.2 Å². The van der Waals surface area contributed by atoms with Crippen molar-refractivity contribution >= 4 is 23.9 Å². The molecule has 1 aromatic rings. The first-order valence-corrected chi connectivity index (χ1v) is 11.9. The number of fused-ring (bicyclic) bond motifs is 1. The predicted octanol–water partition coefficient (Wildman–Crippen LogP) is 3.14. The third-order valence-corrected chi connectivity index (χ3v) is 6.69. The Morgan fingerprint density at radius 3 is 2.67 bits per heavy atom. The molecule has 0 aromatic heterocycles. The summed E-state index contributed by atoms with van der Waals surface area (Å²) in [6.45, 7) is 2.94. The zero-order chi connectivity index (χ0) is 23.4. The van der Waals surface area contributed by atoms with Crippen molar-refractivity contribution in [2.45, 2.75) is 57.6 Å². The van der Waals surface area contributed by atoms with Crippen LogP contribution in [-0.4, -0.2) is 66.0 Å². The van der Waals surface area contributed by atoms with Crippen molar-refractivity contribution in [3.05, 3.63) is 41.4 Å². The Labute approximate surface area is 193 Å². The Kier molecular flexibility index (Phi) is 7.30. The molecule has 7 nitrogen and oxygen atoms in total. The highest BCUT2D eigenvalue weighted by atomic mass is 19.1. The smallest absolute Gasteiger partial charge is 0.310 e. The van der Waals surface area contributed by atoms with Gasteiger partial charge in [-0.25, -0.2) is 4.39 Å². The number of amides is 2. The molecular formula is C25H31FN2O5. The zero-order valence-electron chi connectivity index (χ0n) is 19.0. The van der Waals surface area contributed by atoms with Crippen molar-refractivity contribution in [3.8, 4) is 0 Å². The van der Waals surface area contributed by atoms with Crippen molar-refractivity contribution in [1.29, 1.82) is 0 Å². The molecule has 2 saturated heterocycles. The second kappa shape index (κ2) is 10.4. The summed E-state index contributed by atoms with van der Waals surface area (Å²) in [5.74, 6) is -1.25. The lowest BCUT2D eigenvalue weighted by atomic mass is 9.89. The average Bonchev–Trinajstić information content (AvgIpc) is 2.83. The van der Waals surface area contributed by atoms with Gasteiger partial charge in [-0.1, -0.05) is 18.6 Å². The molecule has 0 radical (unpaired) electrons. The van der Waals surface area contributed by atoms with Crippen LogP contribution in [0.2, 0.25) is 0 Å². The molecule has 3 unspecified atom stereocenters. The maximum absolute atomic E-state index is 13.3. The van der Waals surface area contributed by atoms with Gasteiger partial charge in [0.25, 0.3) is 5.91 Å². The summed E-state index contributed by atoms with van der Waals surface area (Å²) in [5.41, 5.74) is 0.661. The highest BCUT2D eigenvalue weighted by molar-refractivity contribution is 5.98. The number of benzene rings is 1. The van der Waals surface area contributed by atoms with Crippen LogP contribution in [0.15, 0.2) is 30.0 Å². The third kappa shape index (κ3) is 5.37. The van der Waals surface area contributed by atoms with Gasteiger partial charge in [-0.3, -0.25) is 14.4 Å². The average molecular weight is 459 g/mol. The number of rotatable bonds is 5. The van der Waals surface area contributed by atoms with Crippen LogP contribution in [0, 0.1) is 11.7 Å². The number of hydrogen-bond donors (Lipinski definition) is 0. The second-order valence-corrected chi connectivity index (χ2v) is 8.93. The molecule has 1 aliphatic carbocycles. The van der Waals surface area contributed by atoms with Gasteiger partial charge in [0.05, 0.1) is 18.6 Å². The number of likely N-dealkylation sites (tertiary alicyclic amines) is 1. The van der Waals surface area contributed by atoms with E-state index in [2.05, 4.69) is 0 Å². The van der Waals surface area contributed by atoms with E-state index in [0.29, 0.717) is 31.7 Å². The number of ether oxygens (including phenoxy) is 2. The molecule has 0 spiro atoms. The molecule has 178 valence electrons. The number of esters is 1. The van der Waals surface area contributed by atoms with Crippen molar-refractivity contribution in [1.82, 2.24) is 9.80 Å². The van der Waals surface area contributed by atoms with Crippen LogP contribution in [0.1, 0.15) is 51.0 Å². The van der Waals surface area contributed by atoms with E-state index in [-0.39, 0.29) is 54.0 Å². The number of carbonyl (C=O) groups excluding carboxylic acids is 3. The van der Waals surface area contributed by atoms with Crippen LogP contribution in [0.5, 0.6) is 0 Å². The summed E-state index contributed by atoms with van der Waals surface area (Å²) in [5, 5.41) is 0. The van der Waals surface area contributed by atoms with E-state index in [9.17, 15) is 18.8 Å². The fourth-order valence-electron chi connectivity index (χ4n) is 4.97. The first kappa shape index (κ1) is 23.3. The lowest BCUT2D eigenvalue weighted by Crippen LogP contribution is -2.58. The maximum atomic E-state index is 13.3. The van der Waals surface area contributed by atoms with Gasteiger partial charge in [0.1, 0.15) is 18.5 Å². The van der Waals surface area contributed by atoms with E-state index in [1.165, 1.54) is 12.1 Å². The Bertz CT molecular complexity index is 916. The van der Waals surface area contributed by atoms with E-state index < -0.39 is 0 Å². The van der Waals surface area contributed by atoms with E-state index in [1.54, 1.807) is 34.9 Å². The van der Waals surface area contributed by atoms with Crippen molar-refractivity contribution in [3.63, 3.8) is 0 Å². The first-order valence-electron chi connectivity index (χ1n) is 11.9. The number of piperidine rings is 1. The molecule has 2 heterocycles. The molecule has 0 N–H and O–H groups in total. The van der Waals surface area contributed by atoms with Crippen LogP contribution >= 0.6 is 0 Å². The van der Waals surface area contributed by atoms with Crippen molar-refractivity contribution in [2.24, 2.45) is 5.92 Å². The summed E-state index contributed by atoms with van der Waals surface area (Å²) >= 11 is 0. The summed E-state index contributed by atoms with van der Waals surface area (Å²) in [6, 6.07) is 5.70. The molecule has 2 amide bonds. The monoisotopic (exact) mass is 458 g/mol. The minimum Gasteiger partial charge on any atom is -0.482 e. The van der Waals surface area contributed by atoms with Crippen molar-refractivity contribution in [2.75, 3.05) is 26.2 Å². The number of halogens is 1. The van der Waals surface area contributed by atoms with Gasteiger partial charge in [0.15, 0.2) is 5.76 Å². The van der Waals surface area contributed by atoms with Crippen LogP contribution in [0.25, 0.3) is 6.08 Å². The Hall–Kier alpha value is -2.90.